The van der Waals surface area contributed by atoms with Crippen molar-refractivity contribution < 1.29 is 10.0 Å². The molecule has 0 radical (unpaired) electrons. The van der Waals surface area contributed by atoms with Gasteiger partial charge in [0.25, 0.3) is 5.91 Å². The molecule has 0 atom stereocenters. The van der Waals surface area contributed by atoms with Gasteiger partial charge in [0.1, 0.15) is 6.21 Å². The number of rotatable bonds is 2. The molecule has 0 aliphatic carbocycles. The van der Waals surface area contributed by atoms with Crippen molar-refractivity contribution in [2.24, 2.45) is 5.16 Å². The van der Waals surface area contributed by atoms with Crippen molar-refractivity contribution in [3.05, 3.63) is 28.7 Å². The molecule has 68 valence electrons. The third-order valence-corrected chi connectivity index (χ3v) is 2.00. The van der Waals surface area contributed by atoms with E-state index in [1.165, 1.54) is 0 Å². The average molecular weight is 243 g/mol. The van der Waals surface area contributed by atoms with Gasteiger partial charge in [0.05, 0.1) is 5.69 Å². The highest BCUT2D eigenvalue weighted by Crippen LogP contribution is 2.20. The van der Waals surface area contributed by atoms with Crippen molar-refractivity contribution in [2.75, 3.05) is 5.32 Å². The van der Waals surface area contributed by atoms with Gasteiger partial charge in [-0.3, -0.25) is 4.79 Å². The second kappa shape index (κ2) is 4.61. The molecular formula is C8H7BrN2O2. The van der Waals surface area contributed by atoms with Gasteiger partial charge in [-0.25, -0.2) is 0 Å². The predicted octanol–water partition coefficient (Wildman–Crippen LogP) is 1.85. The summed E-state index contributed by atoms with van der Waals surface area (Å²) in [7, 11) is 0. The minimum Gasteiger partial charge on any atom is -0.411 e. The first kappa shape index (κ1) is 9.73. The number of amides is 1. The van der Waals surface area contributed by atoms with Crippen LogP contribution in [0.25, 0.3) is 0 Å². The Hall–Kier alpha value is -1.36. The van der Waals surface area contributed by atoms with E-state index in [-0.39, 0.29) is 0 Å². The molecule has 0 aliphatic heterocycles. The summed E-state index contributed by atoms with van der Waals surface area (Å²) < 4.78 is 0.773. The number of oxime groups is 1. The molecule has 1 aromatic rings. The second-order valence-electron chi connectivity index (χ2n) is 2.21. The molecule has 0 fully saturated rings. The van der Waals surface area contributed by atoms with Crippen LogP contribution in [0.2, 0.25) is 0 Å². The molecule has 1 amide bonds. The van der Waals surface area contributed by atoms with Gasteiger partial charge in [-0.15, -0.1) is 0 Å². The lowest BCUT2D eigenvalue weighted by Gasteiger charge is -2.02. The Morgan fingerprint density at radius 2 is 2.23 bits per heavy atom. The average Bonchev–Trinajstić information content (AvgIpc) is 2.09. The summed E-state index contributed by atoms with van der Waals surface area (Å²) >= 11 is 3.25. The molecule has 0 aliphatic rings. The molecule has 0 heterocycles. The maximum absolute atomic E-state index is 10.9. The first-order chi connectivity index (χ1) is 6.24. The van der Waals surface area contributed by atoms with E-state index in [0.29, 0.717) is 5.69 Å². The Morgan fingerprint density at radius 1 is 1.54 bits per heavy atom. The molecule has 5 heteroatoms. The first-order valence-corrected chi connectivity index (χ1v) is 4.26. The smallest absolute Gasteiger partial charge is 0.270 e. The summed E-state index contributed by atoms with van der Waals surface area (Å²) in [6.07, 6.45) is 0.791. The van der Waals surface area contributed by atoms with Crippen molar-refractivity contribution in [3.63, 3.8) is 0 Å². The maximum Gasteiger partial charge on any atom is 0.270 e. The fraction of sp³-hybridized carbons (Fsp3) is 0. The lowest BCUT2D eigenvalue weighted by molar-refractivity contribution is -0.110. The summed E-state index contributed by atoms with van der Waals surface area (Å²) in [5.74, 6) is -0.477. The van der Waals surface area contributed by atoms with Crippen LogP contribution in [0.4, 0.5) is 5.69 Å². The van der Waals surface area contributed by atoms with E-state index in [4.69, 9.17) is 5.21 Å². The van der Waals surface area contributed by atoms with Gasteiger partial charge in [-0.2, -0.15) is 0 Å². The Kier molecular flexibility index (Phi) is 3.45. The number of hydrogen-bond acceptors (Lipinski definition) is 3. The van der Waals surface area contributed by atoms with Gasteiger partial charge in [0.15, 0.2) is 0 Å². The largest absolute Gasteiger partial charge is 0.411 e. The zero-order chi connectivity index (χ0) is 9.68. The molecule has 4 nitrogen and oxygen atoms in total. The topological polar surface area (TPSA) is 61.7 Å². The number of carbonyl (C=O) groups is 1. The van der Waals surface area contributed by atoms with Gasteiger partial charge in [0, 0.05) is 4.47 Å². The molecule has 1 aromatic carbocycles. The van der Waals surface area contributed by atoms with Crippen LogP contribution < -0.4 is 5.32 Å². The van der Waals surface area contributed by atoms with Crippen LogP contribution in [-0.2, 0) is 4.79 Å². The van der Waals surface area contributed by atoms with Gasteiger partial charge in [0.2, 0.25) is 0 Å². The van der Waals surface area contributed by atoms with E-state index in [9.17, 15) is 4.79 Å². The number of nitrogens with one attached hydrogen (secondary N) is 1. The van der Waals surface area contributed by atoms with E-state index in [0.717, 1.165) is 10.7 Å². The van der Waals surface area contributed by atoms with Crippen LogP contribution in [0.3, 0.4) is 0 Å². The quantitative estimate of drug-likeness (QED) is 0.473. The van der Waals surface area contributed by atoms with Gasteiger partial charge >= 0.3 is 0 Å². The van der Waals surface area contributed by atoms with Crippen LogP contribution >= 0.6 is 15.9 Å². The normalized spacial score (nSPS) is 10.2. The highest BCUT2D eigenvalue weighted by molar-refractivity contribution is 9.10. The van der Waals surface area contributed by atoms with Crippen LogP contribution in [0.5, 0.6) is 0 Å². The van der Waals surface area contributed by atoms with Crippen LogP contribution in [0, 0.1) is 0 Å². The monoisotopic (exact) mass is 242 g/mol. The molecule has 0 unspecified atom stereocenters. The number of benzene rings is 1. The first-order valence-electron chi connectivity index (χ1n) is 3.47. The van der Waals surface area contributed by atoms with E-state index >= 15 is 0 Å². The van der Waals surface area contributed by atoms with Crippen molar-refractivity contribution in [1.82, 2.24) is 0 Å². The molecule has 1 rings (SSSR count). The SMILES string of the molecule is O=C(/C=N/O)Nc1ccccc1Br. The summed E-state index contributed by atoms with van der Waals surface area (Å²) in [5, 5.41) is 13.2. The molecule has 0 bridgehead atoms. The predicted molar refractivity (Wildman–Crippen MR) is 53.1 cm³/mol. The molecule has 0 saturated heterocycles. The number of halogens is 1. The fourth-order valence-corrected chi connectivity index (χ4v) is 1.16. The van der Waals surface area contributed by atoms with Crippen molar-refractivity contribution in [2.45, 2.75) is 0 Å². The summed E-state index contributed by atoms with van der Waals surface area (Å²) in [4.78, 5) is 10.9. The number of carbonyl (C=O) groups excluding carboxylic acids is 1. The van der Waals surface area contributed by atoms with E-state index in [2.05, 4.69) is 26.4 Å². The highest BCUT2D eigenvalue weighted by atomic mass is 79.9. The Morgan fingerprint density at radius 3 is 2.85 bits per heavy atom. The third-order valence-electron chi connectivity index (χ3n) is 1.31. The minimum absolute atomic E-state index is 0.477. The Balaban J connectivity index is 2.74. The maximum atomic E-state index is 10.9. The Labute approximate surface area is 83.4 Å². The number of para-hydroxylation sites is 1. The van der Waals surface area contributed by atoms with Gasteiger partial charge in [-0.1, -0.05) is 17.3 Å². The lowest BCUT2D eigenvalue weighted by atomic mass is 10.3. The van der Waals surface area contributed by atoms with Crippen molar-refractivity contribution >= 4 is 33.7 Å². The summed E-state index contributed by atoms with van der Waals surface area (Å²) in [5.41, 5.74) is 0.632. The fourth-order valence-electron chi connectivity index (χ4n) is 0.780. The van der Waals surface area contributed by atoms with E-state index in [1.807, 2.05) is 6.07 Å². The zero-order valence-electron chi connectivity index (χ0n) is 6.57. The van der Waals surface area contributed by atoms with Crippen molar-refractivity contribution in [1.29, 1.82) is 0 Å². The molecule has 0 spiro atoms. The lowest BCUT2D eigenvalue weighted by Crippen LogP contribution is -2.12. The second-order valence-corrected chi connectivity index (χ2v) is 3.07. The Bertz CT molecular complexity index is 339. The zero-order valence-corrected chi connectivity index (χ0v) is 8.15. The molecule has 13 heavy (non-hydrogen) atoms. The standard InChI is InChI=1S/C8H7BrN2O2/c9-6-3-1-2-4-7(6)11-8(12)5-10-13/h1-5,13H,(H,11,12)/b10-5+. The molecular weight excluding hydrogens is 236 g/mol. The summed E-state index contributed by atoms with van der Waals surface area (Å²) in [6, 6.07) is 7.15. The van der Waals surface area contributed by atoms with E-state index < -0.39 is 5.91 Å². The number of nitrogens with zero attached hydrogens (tertiary/aromatic N) is 1. The molecule has 0 saturated carbocycles. The third kappa shape index (κ3) is 2.87. The number of anilines is 1. The van der Waals surface area contributed by atoms with Crippen molar-refractivity contribution in [3.8, 4) is 0 Å². The van der Waals surface area contributed by atoms with Crippen LogP contribution in [0.1, 0.15) is 0 Å². The van der Waals surface area contributed by atoms with Crippen LogP contribution in [-0.4, -0.2) is 17.3 Å². The number of hydrogen-bond donors (Lipinski definition) is 2. The van der Waals surface area contributed by atoms with Gasteiger partial charge < -0.3 is 10.5 Å². The van der Waals surface area contributed by atoms with E-state index in [1.54, 1.807) is 18.2 Å². The molecule has 2 N–H and O–H groups in total. The van der Waals surface area contributed by atoms with Crippen LogP contribution in [0.15, 0.2) is 33.9 Å². The highest BCUT2D eigenvalue weighted by Gasteiger charge is 2.01. The molecule has 0 aromatic heterocycles. The van der Waals surface area contributed by atoms with Gasteiger partial charge in [-0.05, 0) is 28.1 Å². The summed E-state index contributed by atoms with van der Waals surface area (Å²) in [6.45, 7) is 0. The minimum atomic E-state index is -0.477.